The smallest absolute Gasteiger partial charge is 0.240 e. The predicted molar refractivity (Wildman–Crippen MR) is 84.3 cm³/mol. The van der Waals surface area contributed by atoms with Crippen molar-refractivity contribution in [2.24, 2.45) is 5.73 Å². The Labute approximate surface area is 125 Å². The van der Waals surface area contributed by atoms with Gasteiger partial charge in [0.15, 0.2) is 0 Å². The van der Waals surface area contributed by atoms with Crippen molar-refractivity contribution >= 4 is 21.8 Å². The van der Waals surface area contributed by atoms with Crippen LogP contribution in [0.3, 0.4) is 0 Å². The van der Waals surface area contributed by atoms with E-state index in [0.29, 0.717) is 4.90 Å². The molecule has 0 aromatic heterocycles. The summed E-state index contributed by atoms with van der Waals surface area (Å²) in [5.74, 6) is 2.04. The van der Waals surface area contributed by atoms with E-state index in [-0.39, 0.29) is 12.1 Å². The van der Waals surface area contributed by atoms with E-state index in [1.54, 1.807) is 18.2 Å². The number of nitrogens with one attached hydrogen (secondary N) is 1. The van der Waals surface area contributed by atoms with E-state index in [0.717, 1.165) is 36.3 Å². The summed E-state index contributed by atoms with van der Waals surface area (Å²) < 4.78 is 27.6. The molecule has 1 aliphatic heterocycles. The van der Waals surface area contributed by atoms with Gasteiger partial charge in [-0.05, 0) is 48.5 Å². The first-order valence-corrected chi connectivity index (χ1v) is 9.62. The minimum absolute atomic E-state index is 0.0600. The summed E-state index contributed by atoms with van der Waals surface area (Å²) in [7, 11) is -3.44. The van der Waals surface area contributed by atoms with Crippen molar-refractivity contribution in [1.82, 2.24) is 4.72 Å². The molecule has 0 spiro atoms. The Morgan fingerprint density at radius 3 is 2.75 bits per heavy atom. The van der Waals surface area contributed by atoms with Crippen molar-refractivity contribution in [3.63, 3.8) is 0 Å². The zero-order chi connectivity index (χ0) is 14.6. The van der Waals surface area contributed by atoms with Gasteiger partial charge in [0.25, 0.3) is 0 Å². The molecule has 20 heavy (non-hydrogen) atoms. The van der Waals surface area contributed by atoms with Crippen LogP contribution in [0.4, 0.5) is 0 Å². The van der Waals surface area contributed by atoms with Crippen LogP contribution < -0.4 is 10.5 Å². The first-order chi connectivity index (χ1) is 9.53. The summed E-state index contributed by atoms with van der Waals surface area (Å²) in [6, 6.07) is 6.90. The second-order valence-electron chi connectivity index (χ2n) is 5.10. The van der Waals surface area contributed by atoms with Gasteiger partial charge in [-0.1, -0.05) is 19.1 Å². The molecule has 3 N–H and O–H groups in total. The molecular weight excluding hydrogens is 292 g/mol. The monoisotopic (exact) mass is 314 g/mol. The molecular formula is C14H22N2O2S2. The van der Waals surface area contributed by atoms with Crippen LogP contribution in [-0.2, 0) is 10.0 Å². The fourth-order valence-electron chi connectivity index (χ4n) is 2.25. The molecule has 1 unspecified atom stereocenters. The lowest BCUT2D eigenvalue weighted by atomic mass is 10.1. The zero-order valence-electron chi connectivity index (χ0n) is 11.7. The third-order valence-electron chi connectivity index (χ3n) is 3.58. The molecule has 112 valence electrons. The van der Waals surface area contributed by atoms with Crippen LogP contribution in [0.1, 0.15) is 37.8 Å². The average Bonchev–Trinajstić information content (AvgIpc) is 2.47. The van der Waals surface area contributed by atoms with E-state index in [1.165, 1.54) is 0 Å². The number of hydrogen-bond acceptors (Lipinski definition) is 4. The molecule has 2 rings (SSSR count). The molecule has 1 atom stereocenters. The Kier molecular flexibility index (Phi) is 5.49. The highest BCUT2D eigenvalue weighted by atomic mass is 32.2. The molecule has 0 aliphatic carbocycles. The molecule has 6 heteroatoms. The topological polar surface area (TPSA) is 72.2 Å². The van der Waals surface area contributed by atoms with E-state index in [4.69, 9.17) is 5.73 Å². The molecule has 1 heterocycles. The van der Waals surface area contributed by atoms with Crippen molar-refractivity contribution in [3.05, 3.63) is 29.8 Å². The van der Waals surface area contributed by atoms with Gasteiger partial charge < -0.3 is 5.73 Å². The maximum absolute atomic E-state index is 12.4. The summed E-state index contributed by atoms with van der Waals surface area (Å²) >= 11 is 1.88. The summed E-state index contributed by atoms with van der Waals surface area (Å²) in [6.07, 6.45) is 2.59. The van der Waals surface area contributed by atoms with Gasteiger partial charge in [0, 0.05) is 12.1 Å². The van der Waals surface area contributed by atoms with Crippen LogP contribution in [0, 0.1) is 0 Å². The van der Waals surface area contributed by atoms with Crippen LogP contribution in [0.2, 0.25) is 0 Å². The Balaban J connectivity index is 2.16. The van der Waals surface area contributed by atoms with Crippen LogP contribution in [0.15, 0.2) is 29.2 Å². The minimum atomic E-state index is -3.44. The van der Waals surface area contributed by atoms with Crippen molar-refractivity contribution in [3.8, 4) is 0 Å². The highest BCUT2D eigenvalue weighted by molar-refractivity contribution is 7.99. The SMILES string of the molecule is CCC(N)c1cccc(S(=O)(=O)NC2CCSCC2)c1. The third-order valence-corrected chi connectivity index (χ3v) is 6.15. The first kappa shape index (κ1) is 15.8. The minimum Gasteiger partial charge on any atom is -0.324 e. The number of rotatable bonds is 5. The van der Waals surface area contributed by atoms with Gasteiger partial charge in [0.1, 0.15) is 0 Å². The van der Waals surface area contributed by atoms with Gasteiger partial charge in [-0.3, -0.25) is 0 Å². The summed E-state index contributed by atoms with van der Waals surface area (Å²) in [5, 5.41) is 0. The van der Waals surface area contributed by atoms with E-state index in [1.807, 2.05) is 24.8 Å². The van der Waals surface area contributed by atoms with E-state index >= 15 is 0 Å². The second kappa shape index (κ2) is 6.93. The third kappa shape index (κ3) is 3.97. The van der Waals surface area contributed by atoms with Crippen LogP contribution in [0.25, 0.3) is 0 Å². The summed E-state index contributed by atoms with van der Waals surface area (Å²) in [5.41, 5.74) is 6.84. The van der Waals surface area contributed by atoms with Gasteiger partial charge >= 0.3 is 0 Å². The fraction of sp³-hybridized carbons (Fsp3) is 0.571. The lowest BCUT2D eigenvalue weighted by Crippen LogP contribution is -2.37. The van der Waals surface area contributed by atoms with Gasteiger partial charge in [-0.15, -0.1) is 0 Å². The summed E-state index contributed by atoms with van der Waals surface area (Å²) in [6.45, 7) is 1.99. The Morgan fingerprint density at radius 2 is 2.10 bits per heavy atom. The van der Waals surface area contributed by atoms with Crippen LogP contribution in [0.5, 0.6) is 0 Å². The Bertz CT molecular complexity index is 540. The van der Waals surface area contributed by atoms with Gasteiger partial charge in [0.2, 0.25) is 10.0 Å². The molecule has 1 fully saturated rings. The predicted octanol–water partition coefficient (Wildman–Crippen LogP) is 2.27. The molecule has 0 saturated carbocycles. The largest absolute Gasteiger partial charge is 0.324 e. The van der Waals surface area contributed by atoms with Crippen molar-refractivity contribution in [2.75, 3.05) is 11.5 Å². The first-order valence-electron chi connectivity index (χ1n) is 6.98. The number of sulfonamides is 1. The highest BCUT2D eigenvalue weighted by Gasteiger charge is 2.22. The zero-order valence-corrected chi connectivity index (χ0v) is 13.3. The molecule has 1 aromatic rings. The Morgan fingerprint density at radius 1 is 1.40 bits per heavy atom. The maximum atomic E-state index is 12.4. The van der Waals surface area contributed by atoms with Crippen LogP contribution in [-0.4, -0.2) is 26.0 Å². The van der Waals surface area contributed by atoms with Gasteiger partial charge in [-0.2, -0.15) is 11.8 Å². The van der Waals surface area contributed by atoms with E-state index in [2.05, 4.69) is 4.72 Å². The second-order valence-corrected chi connectivity index (χ2v) is 8.03. The molecule has 1 aliphatic rings. The number of benzene rings is 1. The number of nitrogens with two attached hydrogens (primary N) is 1. The van der Waals surface area contributed by atoms with Crippen molar-refractivity contribution in [1.29, 1.82) is 0 Å². The molecule has 0 radical (unpaired) electrons. The van der Waals surface area contributed by atoms with Gasteiger partial charge in [0.05, 0.1) is 4.90 Å². The van der Waals surface area contributed by atoms with Crippen LogP contribution >= 0.6 is 11.8 Å². The highest BCUT2D eigenvalue weighted by Crippen LogP contribution is 2.21. The van der Waals surface area contributed by atoms with E-state index < -0.39 is 10.0 Å². The average molecular weight is 314 g/mol. The quantitative estimate of drug-likeness (QED) is 0.874. The van der Waals surface area contributed by atoms with Crippen molar-refractivity contribution < 1.29 is 8.42 Å². The molecule has 1 saturated heterocycles. The molecule has 0 bridgehead atoms. The maximum Gasteiger partial charge on any atom is 0.240 e. The van der Waals surface area contributed by atoms with E-state index in [9.17, 15) is 8.42 Å². The van der Waals surface area contributed by atoms with Crippen molar-refractivity contribution in [2.45, 2.75) is 43.2 Å². The standard InChI is InChI=1S/C14H22N2O2S2/c1-2-14(15)11-4-3-5-13(10-11)20(17,18)16-12-6-8-19-9-7-12/h3-5,10,12,14,16H,2,6-9,15H2,1H3. The van der Waals surface area contributed by atoms with Gasteiger partial charge in [-0.25, -0.2) is 13.1 Å². The molecule has 4 nitrogen and oxygen atoms in total. The number of thioether (sulfide) groups is 1. The molecule has 0 amide bonds. The number of hydrogen-bond donors (Lipinski definition) is 2. The fourth-order valence-corrected chi connectivity index (χ4v) is 4.72. The Hall–Kier alpha value is -0.560. The lowest BCUT2D eigenvalue weighted by molar-refractivity contribution is 0.528. The lowest BCUT2D eigenvalue weighted by Gasteiger charge is -2.22. The molecule has 1 aromatic carbocycles. The summed E-state index contributed by atoms with van der Waals surface area (Å²) in [4.78, 5) is 0.317. The normalized spacial score (nSPS) is 18.9.